The molecule has 0 aliphatic carbocycles. The van der Waals surface area contributed by atoms with Gasteiger partial charge in [-0.25, -0.2) is 0 Å². The van der Waals surface area contributed by atoms with Gasteiger partial charge in [0.25, 0.3) is 5.91 Å². The van der Waals surface area contributed by atoms with E-state index in [9.17, 15) is 4.79 Å². The van der Waals surface area contributed by atoms with E-state index in [1.165, 1.54) is 0 Å². The maximum Gasteiger partial charge on any atom is 0.253 e. The Hall–Kier alpha value is -1.20. The maximum absolute atomic E-state index is 11.9. The number of amides is 1. The number of hydrogen-bond donors (Lipinski definition) is 3. The van der Waals surface area contributed by atoms with Gasteiger partial charge in [0.05, 0.1) is 11.3 Å². The molecular formula is C12H19N3OS. The molecule has 0 saturated heterocycles. The molecular weight excluding hydrogens is 234 g/mol. The van der Waals surface area contributed by atoms with Crippen LogP contribution in [-0.2, 0) is 0 Å². The van der Waals surface area contributed by atoms with E-state index in [1.54, 1.807) is 11.8 Å². The normalized spacial score (nSPS) is 10.1. The fourth-order valence-corrected chi connectivity index (χ4v) is 1.92. The first kappa shape index (κ1) is 13.9. The van der Waals surface area contributed by atoms with E-state index < -0.39 is 0 Å². The Morgan fingerprint density at radius 2 is 2.24 bits per heavy atom. The Balaban J connectivity index is 2.64. The van der Waals surface area contributed by atoms with Gasteiger partial charge in [0.1, 0.15) is 0 Å². The Labute approximate surface area is 106 Å². The number of hydrogen-bond acceptors (Lipinski definition) is 4. The topological polar surface area (TPSA) is 67.2 Å². The van der Waals surface area contributed by atoms with Gasteiger partial charge in [-0.05, 0) is 37.5 Å². The molecule has 1 rings (SSSR count). The van der Waals surface area contributed by atoms with E-state index in [0.29, 0.717) is 17.8 Å². The van der Waals surface area contributed by atoms with Gasteiger partial charge < -0.3 is 10.7 Å². The summed E-state index contributed by atoms with van der Waals surface area (Å²) in [7, 11) is 0. The lowest BCUT2D eigenvalue weighted by Gasteiger charge is -2.10. The first-order valence-electron chi connectivity index (χ1n) is 5.53. The molecule has 0 atom stereocenters. The average Bonchev–Trinajstić information content (AvgIpc) is 2.34. The van der Waals surface area contributed by atoms with Crippen molar-refractivity contribution in [3.05, 3.63) is 29.3 Å². The van der Waals surface area contributed by atoms with Crippen molar-refractivity contribution in [2.24, 2.45) is 5.84 Å². The van der Waals surface area contributed by atoms with Crippen molar-refractivity contribution in [3.8, 4) is 0 Å². The predicted octanol–water partition coefficient (Wildman–Crippen LogP) is 1.76. The molecule has 0 unspecified atom stereocenters. The molecule has 0 radical (unpaired) electrons. The SMILES string of the molecule is CSCCCNC(=O)c1cc(C)ccc1NN. The van der Waals surface area contributed by atoms with Crippen LogP contribution in [0, 0.1) is 6.92 Å². The van der Waals surface area contributed by atoms with Crippen LogP contribution < -0.4 is 16.6 Å². The third-order valence-corrected chi connectivity index (χ3v) is 3.08. The molecule has 4 N–H and O–H groups in total. The molecule has 94 valence electrons. The molecule has 0 aromatic heterocycles. The number of carbonyl (C=O) groups excluding carboxylic acids is 1. The first-order chi connectivity index (χ1) is 8.19. The largest absolute Gasteiger partial charge is 0.352 e. The highest BCUT2D eigenvalue weighted by molar-refractivity contribution is 7.98. The van der Waals surface area contributed by atoms with Crippen LogP contribution in [0.4, 0.5) is 5.69 Å². The summed E-state index contributed by atoms with van der Waals surface area (Å²) in [5.41, 5.74) is 4.83. The summed E-state index contributed by atoms with van der Waals surface area (Å²) in [5, 5.41) is 2.89. The molecule has 17 heavy (non-hydrogen) atoms. The highest BCUT2D eigenvalue weighted by atomic mass is 32.2. The van der Waals surface area contributed by atoms with Crippen molar-refractivity contribution < 1.29 is 4.79 Å². The van der Waals surface area contributed by atoms with Crippen LogP contribution in [0.5, 0.6) is 0 Å². The predicted molar refractivity (Wildman–Crippen MR) is 74.3 cm³/mol. The van der Waals surface area contributed by atoms with Crippen molar-refractivity contribution in [1.82, 2.24) is 5.32 Å². The van der Waals surface area contributed by atoms with Gasteiger partial charge in [-0.1, -0.05) is 11.6 Å². The third-order valence-electron chi connectivity index (χ3n) is 2.39. The number of nitrogens with two attached hydrogens (primary N) is 1. The van der Waals surface area contributed by atoms with Crippen LogP contribution in [-0.4, -0.2) is 24.5 Å². The number of aryl methyl sites for hydroxylation is 1. The van der Waals surface area contributed by atoms with Crippen molar-refractivity contribution in [2.75, 3.05) is 24.0 Å². The van der Waals surface area contributed by atoms with Gasteiger partial charge in [-0.3, -0.25) is 10.6 Å². The fourth-order valence-electron chi connectivity index (χ4n) is 1.49. The van der Waals surface area contributed by atoms with Crippen LogP contribution in [0.3, 0.4) is 0 Å². The standard InChI is InChI=1S/C12H19N3OS/c1-9-4-5-11(15-13)10(8-9)12(16)14-6-3-7-17-2/h4-5,8,15H,3,6-7,13H2,1-2H3,(H,14,16). The molecule has 1 aromatic rings. The van der Waals surface area contributed by atoms with Crippen LogP contribution in [0.2, 0.25) is 0 Å². The number of carbonyl (C=O) groups is 1. The molecule has 0 fully saturated rings. The number of rotatable bonds is 6. The Bertz CT molecular complexity index is 382. The molecule has 4 nitrogen and oxygen atoms in total. The quantitative estimate of drug-likeness (QED) is 0.410. The Morgan fingerprint density at radius 1 is 1.47 bits per heavy atom. The smallest absolute Gasteiger partial charge is 0.253 e. The summed E-state index contributed by atoms with van der Waals surface area (Å²) in [6, 6.07) is 5.56. The van der Waals surface area contributed by atoms with Gasteiger partial charge in [-0.15, -0.1) is 0 Å². The fraction of sp³-hybridized carbons (Fsp3) is 0.417. The summed E-state index contributed by atoms with van der Waals surface area (Å²) < 4.78 is 0. The zero-order chi connectivity index (χ0) is 12.7. The zero-order valence-electron chi connectivity index (χ0n) is 10.2. The minimum Gasteiger partial charge on any atom is -0.352 e. The van der Waals surface area contributed by atoms with Gasteiger partial charge >= 0.3 is 0 Å². The van der Waals surface area contributed by atoms with Gasteiger partial charge in [0, 0.05) is 6.54 Å². The molecule has 0 saturated carbocycles. The van der Waals surface area contributed by atoms with Gasteiger partial charge in [0.15, 0.2) is 0 Å². The van der Waals surface area contributed by atoms with Gasteiger partial charge in [-0.2, -0.15) is 11.8 Å². The Morgan fingerprint density at radius 3 is 2.88 bits per heavy atom. The lowest BCUT2D eigenvalue weighted by molar-refractivity contribution is 0.0954. The highest BCUT2D eigenvalue weighted by Gasteiger charge is 2.10. The van der Waals surface area contributed by atoms with Crippen LogP contribution in [0.15, 0.2) is 18.2 Å². The summed E-state index contributed by atoms with van der Waals surface area (Å²) in [4.78, 5) is 11.9. The van der Waals surface area contributed by atoms with Crippen LogP contribution in [0.25, 0.3) is 0 Å². The second-order valence-corrected chi connectivity index (χ2v) is 4.78. The minimum absolute atomic E-state index is 0.0808. The lowest BCUT2D eigenvalue weighted by Crippen LogP contribution is -2.26. The third kappa shape index (κ3) is 4.28. The van der Waals surface area contributed by atoms with Crippen LogP contribution in [0.1, 0.15) is 22.3 Å². The molecule has 5 heteroatoms. The molecule has 0 spiro atoms. The van der Waals surface area contributed by atoms with Crippen molar-refractivity contribution in [1.29, 1.82) is 0 Å². The van der Waals surface area contributed by atoms with E-state index in [2.05, 4.69) is 17.0 Å². The van der Waals surface area contributed by atoms with Crippen molar-refractivity contribution in [3.63, 3.8) is 0 Å². The monoisotopic (exact) mass is 253 g/mol. The lowest BCUT2D eigenvalue weighted by atomic mass is 10.1. The zero-order valence-corrected chi connectivity index (χ0v) is 11.1. The molecule has 0 heterocycles. The maximum atomic E-state index is 11.9. The van der Waals surface area contributed by atoms with Crippen molar-refractivity contribution >= 4 is 23.4 Å². The van der Waals surface area contributed by atoms with Crippen molar-refractivity contribution in [2.45, 2.75) is 13.3 Å². The molecule has 1 aromatic carbocycles. The minimum atomic E-state index is -0.0808. The summed E-state index contributed by atoms with van der Waals surface area (Å²) in [6.07, 6.45) is 3.03. The molecule has 0 bridgehead atoms. The molecule has 0 aliphatic heterocycles. The number of hydrazine groups is 1. The number of nitrogens with one attached hydrogen (secondary N) is 2. The summed E-state index contributed by atoms with van der Waals surface area (Å²) >= 11 is 1.78. The van der Waals surface area contributed by atoms with E-state index in [1.807, 2.05) is 25.1 Å². The van der Waals surface area contributed by atoms with E-state index >= 15 is 0 Å². The summed E-state index contributed by atoms with van der Waals surface area (Å²) in [5.74, 6) is 6.35. The van der Waals surface area contributed by atoms with Crippen LogP contribution >= 0.6 is 11.8 Å². The highest BCUT2D eigenvalue weighted by Crippen LogP contribution is 2.16. The van der Waals surface area contributed by atoms with E-state index in [0.717, 1.165) is 17.7 Å². The molecule has 0 aliphatic rings. The second kappa shape index (κ2) is 7.19. The molecule has 1 amide bonds. The second-order valence-electron chi connectivity index (χ2n) is 3.80. The van der Waals surface area contributed by atoms with Gasteiger partial charge in [0.2, 0.25) is 0 Å². The first-order valence-corrected chi connectivity index (χ1v) is 6.93. The number of anilines is 1. The van der Waals surface area contributed by atoms with E-state index in [4.69, 9.17) is 5.84 Å². The number of nitrogen functional groups attached to an aromatic ring is 1. The average molecular weight is 253 g/mol. The Kier molecular flexibility index (Phi) is 5.86. The number of benzene rings is 1. The summed E-state index contributed by atoms with van der Waals surface area (Å²) in [6.45, 7) is 2.64. The van der Waals surface area contributed by atoms with E-state index in [-0.39, 0.29) is 5.91 Å². The number of thioether (sulfide) groups is 1.